The Morgan fingerprint density at radius 3 is 2.89 bits per heavy atom. The second-order valence-corrected chi connectivity index (χ2v) is 7.91. The first-order valence-corrected chi connectivity index (χ1v) is 9.61. The van der Waals surface area contributed by atoms with E-state index in [1.165, 1.54) is 11.3 Å². The van der Waals surface area contributed by atoms with E-state index in [1.54, 1.807) is 41.5 Å². The van der Waals surface area contributed by atoms with Gasteiger partial charge in [-0.25, -0.2) is 14.8 Å². The monoisotopic (exact) mass is 406 g/mol. The molecular weight excluding hydrogens is 388 g/mol. The lowest BCUT2D eigenvalue weighted by Gasteiger charge is -2.18. The van der Waals surface area contributed by atoms with Gasteiger partial charge in [-0.1, -0.05) is 25.4 Å². The van der Waals surface area contributed by atoms with Crippen LogP contribution in [0, 0.1) is 5.92 Å². The number of carbonyl (C=O) groups excluding carboxylic acids is 2. The van der Waals surface area contributed by atoms with Crippen LogP contribution < -0.4 is 5.32 Å². The maximum Gasteiger partial charge on any atom is 0.330 e. The van der Waals surface area contributed by atoms with E-state index in [-0.39, 0.29) is 24.1 Å². The van der Waals surface area contributed by atoms with E-state index in [9.17, 15) is 9.59 Å². The van der Waals surface area contributed by atoms with Crippen LogP contribution in [0.1, 0.15) is 23.6 Å². The molecule has 9 heteroatoms. The van der Waals surface area contributed by atoms with Crippen molar-refractivity contribution in [3.8, 4) is 0 Å². The number of rotatable bonds is 7. The van der Waals surface area contributed by atoms with Crippen LogP contribution in [-0.2, 0) is 16.1 Å². The lowest BCUT2D eigenvalue weighted by atomic mass is 10.2. The van der Waals surface area contributed by atoms with Gasteiger partial charge in [0, 0.05) is 17.4 Å². The highest BCUT2D eigenvalue weighted by Crippen LogP contribution is 2.25. The van der Waals surface area contributed by atoms with Crippen LogP contribution in [-0.4, -0.2) is 39.1 Å². The predicted octanol–water partition coefficient (Wildman–Crippen LogP) is 3.14. The molecule has 0 saturated heterocycles. The van der Waals surface area contributed by atoms with E-state index < -0.39 is 17.9 Å². The highest BCUT2D eigenvalue weighted by Gasteiger charge is 2.25. The molecular formula is C18H19ClN4O3S. The second kappa shape index (κ2) is 8.49. The number of nitrogens with one attached hydrogen (secondary N) is 1. The molecule has 3 rings (SSSR count). The fourth-order valence-corrected chi connectivity index (χ4v) is 3.49. The van der Waals surface area contributed by atoms with Gasteiger partial charge in [-0.3, -0.25) is 4.79 Å². The van der Waals surface area contributed by atoms with Crippen molar-refractivity contribution in [1.82, 2.24) is 19.9 Å². The first-order chi connectivity index (χ1) is 12.9. The summed E-state index contributed by atoms with van der Waals surface area (Å²) in [5, 5.41) is 3.56. The van der Waals surface area contributed by atoms with Crippen LogP contribution in [0.5, 0.6) is 0 Å². The van der Waals surface area contributed by atoms with Gasteiger partial charge in [0.25, 0.3) is 5.91 Å². The Balaban J connectivity index is 1.76. The molecule has 2 heterocycles. The molecule has 0 aliphatic carbocycles. The highest BCUT2D eigenvalue weighted by molar-refractivity contribution is 7.20. The van der Waals surface area contributed by atoms with Crippen molar-refractivity contribution in [2.75, 3.05) is 6.61 Å². The molecule has 7 nitrogen and oxygen atoms in total. The second-order valence-electron chi connectivity index (χ2n) is 6.44. The van der Waals surface area contributed by atoms with Gasteiger partial charge in [-0.05, 0) is 24.1 Å². The van der Waals surface area contributed by atoms with E-state index in [1.807, 2.05) is 13.8 Å². The number of benzene rings is 1. The molecule has 1 amide bonds. The Kier molecular flexibility index (Phi) is 6.08. The lowest BCUT2D eigenvalue weighted by molar-refractivity contribution is -0.147. The number of halogens is 1. The number of imidazole rings is 1. The SMILES string of the molecule is CC(C)COC(=O)[C@H](Cn1ccnc1)NC(=O)c1nc2ccc(Cl)cc2s1. The molecule has 0 spiro atoms. The molecule has 1 N–H and O–H groups in total. The number of esters is 1. The van der Waals surface area contributed by atoms with Crippen LogP contribution in [0.4, 0.5) is 0 Å². The van der Waals surface area contributed by atoms with E-state index in [0.717, 1.165) is 4.70 Å². The van der Waals surface area contributed by atoms with Crippen molar-refractivity contribution >= 4 is 45.0 Å². The van der Waals surface area contributed by atoms with Gasteiger partial charge in [0.2, 0.25) is 0 Å². The van der Waals surface area contributed by atoms with Gasteiger partial charge in [-0.15, -0.1) is 11.3 Å². The van der Waals surface area contributed by atoms with Gasteiger partial charge in [-0.2, -0.15) is 0 Å². The molecule has 0 radical (unpaired) electrons. The van der Waals surface area contributed by atoms with Crippen molar-refractivity contribution in [3.63, 3.8) is 0 Å². The van der Waals surface area contributed by atoms with E-state index >= 15 is 0 Å². The third-order valence-electron chi connectivity index (χ3n) is 3.65. The van der Waals surface area contributed by atoms with Crippen LogP contribution in [0.3, 0.4) is 0 Å². The van der Waals surface area contributed by atoms with Crippen LogP contribution in [0.25, 0.3) is 10.2 Å². The minimum atomic E-state index is -0.846. The van der Waals surface area contributed by atoms with E-state index in [2.05, 4.69) is 15.3 Å². The van der Waals surface area contributed by atoms with Gasteiger partial charge in [0.15, 0.2) is 5.01 Å². The number of ether oxygens (including phenoxy) is 1. The number of hydrogen-bond donors (Lipinski definition) is 1. The third-order valence-corrected chi connectivity index (χ3v) is 4.90. The normalized spacial score (nSPS) is 12.3. The maximum absolute atomic E-state index is 12.7. The van der Waals surface area contributed by atoms with Crippen LogP contribution in [0.2, 0.25) is 5.02 Å². The van der Waals surface area contributed by atoms with Crippen LogP contribution >= 0.6 is 22.9 Å². The smallest absolute Gasteiger partial charge is 0.330 e. The lowest BCUT2D eigenvalue weighted by Crippen LogP contribution is -2.44. The molecule has 0 fully saturated rings. The number of carbonyl (C=O) groups is 2. The average Bonchev–Trinajstić information content (AvgIpc) is 3.27. The van der Waals surface area contributed by atoms with Crippen molar-refractivity contribution in [2.45, 2.75) is 26.4 Å². The summed E-state index contributed by atoms with van der Waals surface area (Å²) in [6.45, 7) is 4.40. The summed E-state index contributed by atoms with van der Waals surface area (Å²) in [4.78, 5) is 33.4. The minimum absolute atomic E-state index is 0.201. The number of hydrogen-bond acceptors (Lipinski definition) is 6. The summed E-state index contributed by atoms with van der Waals surface area (Å²) in [5.41, 5.74) is 0.683. The number of aromatic nitrogens is 3. The average molecular weight is 407 g/mol. The third kappa shape index (κ3) is 5.05. The largest absolute Gasteiger partial charge is 0.464 e. The molecule has 27 heavy (non-hydrogen) atoms. The Bertz CT molecular complexity index is 939. The highest BCUT2D eigenvalue weighted by atomic mass is 35.5. The molecule has 3 aromatic rings. The zero-order valence-corrected chi connectivity index (χ0v) is 16.5. The van der Waals surface area contributed by atoms with Crippen molar-refractivity contribution < 1.29 is 14.3 Å². The molecule has 1 aromatic carbocycles. The van der Waals surface area contributed by atoms with Gasteiger partial charge in [0.05, 0.1) is 29.7 Å². The van der Waals surface area contributed by atoms with Gasteiger partial charge < -0.3 is 14.6 Å². The summed E-state index contributed by atoms with van der Waals surface area (Å²) in [5.74, 6) is -0.721. The summed E-state index contributed by atoms with van der Waals surface area (Å²) in [6.07, 6.45) is 4.90. The first kappa shape index (κ1) is 19.3. The molecule has 2 aromatic heterocycles. The number of amides is 1. The van der Waals surface area contributed by atoms with E-state index in [0.29, 0.717) is 10.5 Å². The minimum Gasteiger partial charge on any atom is -0.464 e. The molecule has 1 atom stereocenters. The quantitative estimate of drug-likeness (QED) is 0.609. The first-order valence-electron chi connectivity index (χ1n) is 8.41. The summed E-state index contributed by atoms with van der Waals surface area (Å²) >= 11 is 7.20. The van der Waals surface area contributed by atoms with Crippen LogP contribution in [0.15, 0.2) is 36.9 Å². The standard InChI is InChI=1S/C18H19ClN4O3S/c1-11(2)9-26-18(25)14(8-23-6-5-20-10-23)21-16(24)17-22-13-4-3-12(19)7-15(13)27-17/h3-7,10-11,14H,8-9H2,1-2H3,(H,21,24)/t14-/m0/s1. The van der Waals surface area contributed by atoms with Crippen molar-refractivity contribution in [2.24, 2.45) is 5.92 Å². The molecule has 142 valence electrons. The van der Waals surface area contributed by atoms with E-state index in [4.69, 9.17) is 16.3 Å². The zero-order valence-electron chi connectivity index (χ0n) is 14.9. The zero-order chi connectivity index (χ0) is 19.4. The molecule has 0 unspecified atom stereocenters. The Labute approximate surface area is 165 Å². The fourth-order valence-electron chi connectivity index (χ4n) is 2.35. The molecule has 0 bridgehead atoms. The number of thiazole rings is 1. The Morgan fingerprint density at radius 2 is 2.19 bits per heavy atom. The number of fused-ring (bicyclic) bond motifs is 1. The summed E-state index contributed by atoms with van der Waals surface area (Å²) in [7, 11) is 0. The van der Waals surface area contributed by atoms with Gasteiger partial charge >= 0.3 is 5.97 Å². The fraction of sp³-hybridized carbons (Fsp3) is 0.333. The molecule has 0 aliphatic rings. The van der Waals surface area contributed by atoms with Crippen molar-refractivity contribution in [3.05, 3.63) is 47.0 Å². The maximum atomic E-state index is 12.7. The predicted molar refractivity (Wildman–Crippen MR) is 104 cm³/mol. The summed E-state index contributed by atoms with van der Waals surface area (Å²) in [6, 6.07) is 4.38. The summed E-state index contributed by atoms with van der Waals surface area (Å²) < 4.78 is 7.82. The van der Waals surface area contributed by atoms with Crippen molar-refractivity contribution in [1.29, 1.82) is 0 Å². The topological polar surface area (TPSA) is 86.1 Å². The number of nitrogens with zero attached hydrogens (tertiary/aromatic N) is 3. The molecule has 0 saturated carbocycles. The van der Waals surface area contributed by atoms with Gasteiger partial charge in [0.1, 0.15) is 6.04 Å². The Hall–Kier alpha value is -2.45. The molecule has 0 aliphatic heterocycles. The Morgan fingerprint density at radius 1 is 1.37 bits per heavy atom.